The Kier molecular flexibility index (Phi) is 6.97. The predicted molar refractivity (Wildman–Crippen MR) is 124 cm³/mol. The third kappa shape index (κ3) is 5.64. The van der Waals surface area contributed by atoms with E-state index in [9.17, 15) is 13.2 Å². The minimum Gasteiger partial charge on any atom is -0.455 e. The summed E-state index contributed by atoms with van der Waals surface area (Å²) >= 11 is 0. The van der Waals surface area contributed by atoms with Gasteiger partial charge in [-0.2, -0.15) is 0 Å². The molecule has 3 aromatic carbocycles. The number of anilines is 2. The van der Waals surface area contributed by atoms with Crippen molar-refractivity contribution < 1.29 is 17.9 Å². The normalized spacial score (nSPS) is 12.1. The Morgan fingerprint density at radius 3 is 2.19 bits per heavy atom. The van der Waals surface area contributed by atoms with Crippen LogP contribution in [0.25, 0.3) is 0 Å². The van der Waals surface area contributed by atoms with E-state index in [1.54, 1.807) is 43.3 Å². The third-order valence-electron chi connectivity index (χ3n) is 4.80. The SMILES string of the molecule is CCc1ccc(N(C(C)C(=O)Nc2ccccc2Oc2ccccc2)S(C)(=O)=O)cc1. The van der Waals surface area contributed by atoms with Crippen LogP contribution in [0.4, 0.5) is 11.4 Å². The highest BCUT2D eigenvalue weighted by atomic mass is 32.2. The zero-order valence-corrected chi connectivity index (χ0v) is 18.6. The van der Waals surface area contributed by atoms with Crippen LogP contribution < -0.4 is 14.4 Å². The summed E-state index contributed by atoms with van der Waals surface area (Å²) in [6.45, 7) is 3.58. The molecule has 0 radical (unpaired) electrons. The van der Waals surface area contributed by atoms with Gasteiger partial charge in [0.15, 0.2) is 5.75 Å². The van der Waals surface area contributed by atoms with Crippen molar-refractivity contribution in [3.63, 3.8) is 0 Å². The van der Waals surface area contributed by atoms with Crippen molar-refractivity contribution in [3.8, 4) is 11.5 Å². The summed E-state index contributed by atoms with van der Waals surface area (Å²) < 4.78 is 32.0. The van der Waals surface area contributed by atoms with Gasteiger partial charge in [-0.3, -0.25) is 9.10 Å². The molecule has 1 atom stereocenters. The van der Waals surface area contributed by atoms with Crippen molar-refractivity contribution in [3.05, 3.63) is 84.4 Å². The molecule has 0 aliphatic heterocycles. The number of nitrogens with one attached hydrogen (secondary N) is 1. The smallest absolute Gasteiger partial charge is 0.248 e. The van der Waals surface area contributed by atoms with Gasteiger partial charge in [0.05, 0.1) is 17.6 Å². The van der Waals surface area contributed by atoms with Crippen molar-refractivity contribution >= 4 is 27.3 Å². The third-order valence-corrected chi connectivity index (χ3v) is 6.05. The highest BCUT2D eigenvalue weighted by Gasteiger charge is 2.29. The van der Waals surface area contributed by atoms with E-state index in [0.29, 0.717) is 22.9 Å². The molecule has 0 spiro atoms. The van der Waals surface area contributed by atoms with Gasteiger partial charge in [-0.15, -0.1) is 0 Å². The Morgan fingerprint density at radius 1 is 0.968 bits per heavy atom. The van der Waals surface area contributed by atoms with Crippen LogP contribution in [-0.2, 0) is 21.2 Å². The van der Waals surface area contributed by atoms with E-state index in [2.05, 4.69) is 5.32 Å². The second kappa shape index (κ2) is 9.66. The molecule has 0 saturated heterocycles. The van der Waals surface area contributed by atoms with E-state index in [1.165, 1.54) is 0 Å². The van der Waals surface area contributed by atoms with Crippen LogP contribution in [0.1, 0.15) is 19.4 Å². The molecule has 0 saturated carbocycles. The topological polar surface area (TPSA) is 75.7 Å². The fourth-order valence-electron chi connectivity index (χ4n) is 3.20. The fourth-order valence-corrected chi connectivity index (χ4v) is 4.37. The summed E-state index contributed by atoms with van der Waals surface area (Å²) in [5.41, 5.74) is 1.98. The number of rotatable bonds is 8. The second-order valence-corrected chi connectivity index (χ2v) is 9.01. The van der Waals surface area contributed by atoms with Crippen molar-refractivity contribution in [2.24, 2.45) is 0 Å². The van der Waals surface area contributed by atoms with Crippen molar-refractivity contribution in [1.82, 2.24) is 0 Å². The van der Waals surface area contributed by atoms with Gasteiger partial charge in [-0.1, -0.05) is 49.4 Å². The maximum atomic E-state index is 13.0. The molecule has 0 aromatic heterocycles. The number of benzene rings is 3. The lowest BCUT2D eigenvalue weighted by Gasteiger charge is -2.28. The number of nitrogens with zero attached hydrogens (tertiary/aromatic N) is 1. The van der Waals surface area contributed by atoms with Gasteiger partial charge in [-0.05, 0) is 55.3 Å². The maximum absolute atomic E-state index is 13.0. The first-order valence-corrected chi connectivity index (χ1v) is 11.9. The van der Waals surface area contributed by atoms with Gasteiger partial charge in [0.2, 0.25) is 15.9 Å². The number of sulfonamides is 1. The van der Waals surface area contributed by atoms with E-state index < -0.39 is 22.0 Å². The Bertz CT molecular complexity index is 1130. The van der Waals surface area contributed by atoms with Gasteiger partial charge in [0, 0.05) is 0 Å². The zero-order chi connectivity index (χ0) is 22.4. The van der Waals surface area contributed by atoms with Crippen LogP contribution in [0.15, 0.2) is 78.9 Å². The van der Waals surface area contributed by atoms with Crippen LogP contribution in [0, 0.1) is 0 Å². The number of carbonyl (C=O) groups excluding carboxylic acids is 1. The highest BCUT2D eigenvalue weighted by molar-refractivity contribution is 7.92. The van der Waals surface area contributed by atoms with Gasteiger partial charge in [-0.25, -0.2) is 8.42 Å². The average Bonchev–Trinajstić information content (AvgIpc) is 2.75. The van der Waals surface area contributed by atoms with E-state index >= 15 is 0 Å². The average molecular weight is 439 g/mol. The molecule has 7 heteroatoms. The number of hydrogen-bond acceptors (Lipinski definition) is 4. The summed E-state index contributed by atoms with van der Waals surface area (Å²) in [6, 6.07) is 22.4. The van der Waals surface area contributed by atoms with Crippen LogP contribution in [0.5, 0.6) is 11.5 Å². The molecule has 0 fully saturated rings. The molecule has 162 valence electrons. The minimum absolute atomic E-state index is 0.441. The van der Waals surface area contributed by atoms with Gasteiger partial charge >= 0.3 is 0 Å². The quantitative estimate of drug-likeness (QED) is 0.546. The Labute approximate surface area is 183 Å². The van der Waals surface area contributed by atoms with Crippen molar-refractivity contribution in [2.45, 2.75) is 26.3 Å². The lowest BCUT2D eigenvalue weighted by Crippen LogP contribution is -2.45. The molecule has 0 aliphatic carbocycles. The van der Waals surface area contributed by atoms with Crippen LogP contribution in [-0.4, -0.2) is 26.6 Å². The number of aryl methyl sites for hydroxylation is 1. The predicted octanol–water partition coefficient (Wildman–Crippen LogP) is 4.83. The molecule has 3 aromatic rings. The molecule has 31 heavy (non-hydrogen) atoms. The van der Waals surface area contributed by atoms with E-state index in [4.69, 9.17) is 4.74 Å². The number of amides is 1. The second-order valence-electron chi connectivity index (χ2n) is 7.16. The number of ether oxygens (including phenoxy) is 1. The van der Waals surface area contributed by atoms with Crippen LogP contribution in [0.2, 0.25) is 0 Å². The minimum atomic E-state index is -3.69. The number of para-hydroxylation sites is 3. The summed E-state index contributed by atoms with van der Waals surface area (Å²) in [5.74, 6) is 0.632. The molecule has 1 N–H and O–H groups in total. The summed E-state index contributed by atoms with van der Waals surface area (Å²) in [4.78, 5) is 13.0. The molecule has 1 unspecified atom stereocenters. The zero-order valence-electron chi connectivity index (χ0n) is 17.8. The standard InChI is InChI=1S/C24H26N2O4S/c1-4-19-14-16-20(17-15-19)26(31(3,28)29)18(2)24(27)25-22-12-8-9-13-23(22)30-21-10-6-5-7-11-21/h5-18H,4H2,1-3H3,(H,25,27). The van der Waals surface area contributed by atoms with Crippen molar-refractivity contribution in [1.29, 1.82) is 0 Å². The van der Waals surface area contributed by atoms with Crippen molar-refractivity contribution in [2.75, 3.05) is 15.9 Å². The van der Waals surface area contributed by atoms with E-state index in [-0.39, 0.29) is 0 Å². The highest BCUT2D eigenvalue weighted by Crippen LogP contribution is 2.30. The number of hydrogen-bond donors (Lipinski definition) is 1. The first-order valence-electron chi connectivity index (χ1n) is 10.0. The van der Waals surface area contributed by atoms with E-state index in [1.807, 2.05) is 49.4 Å². The lowest BCUT2D eigenvalue weighted by atomic mass is 10.1. The summed E-state index contributed by atoms with van der Waals surface area (Å²) in [7, 11) is -3.69. The fraction of sp³-hybridized carbons (Fsp3) is 0.208. The molecule has 6 nitrogen and oxygen atoms in total. The summed E-state index contributed by atoms with van der Waals surface area (Å²) in [6.07, 6.45) is 1.93. The molecular formula is C24H26N2O4S. The molecule has 3 rings (SSSR count). The Morgan fingerprint density at radius 2 is 1.58 bits per heavy atom. The van der Waals surface area contributed by atoms with Crippen LogP contribution in [0.3, 0.4) is 0 Å². The number of carbonyl (C=O) groups is 1. The first kappa shape index (κ1) is 22.4. The van der Waals surface area contributed by atoms with Crippen LogP contribution >= 0.6 is 0 Å². The van der Waals surface area contributed by atoms with Gasteiger partial charge < -0.3 is 10.1 Å². The van der Waals surface area contributed by atoms with E-state index in [0.717, 1.165) is 22.5 Å². The van der Waals surface area contributed by atoms with Gasteiger partial charge in [0.25, 0.3) is 0 Å². The van der Waals surface area contributed by atoms with Gasteiger partial charge in [0.1, 0.15) is 11.8 Å². The monoisotopic (exact) mass is 438 g/mol. The molecule has 0 heterocycles. The molecular weight excluding hydrogens is 412 g/mol. The summed E-state index contributed by atoms with van der Waals surface area (Å²) in [5, 5.41) is 2.81. The molecule has 0 aliphatic rings. The Hall–Kier alpha value is -3.32. The Balaban J connectivity index is 1.84. The molecule has 1 amide bonds. The molecule has 0 bridgehead atoms. The lowest BCUT2D eigenvalue weighted by molar-refractivity contribution is -0.116. The first-order chi connectivity index (χ1) is 14.8. The maximum Gasteiger partial charge on any atom is 0.248 e. The largest absolute Gasteiger partial charge is 0.455 e.